The number of nitriles is 1. The lowest BCUT2D eigenvalue weighted by molar-refractivity contribution is 0.0603. The molecule has 0 aromatic carbocycles. The minimum Gasteiger partial charge on any atom is -0.465 e. The SMILES string of the molecule is COC(=O)c1c(N(C)Cc2ccccn2)sc(C#N)c1N. The van der Waals surface area contributed by atoms with Gasteiger partial charge in [0.1, 0.15) is 21.5 Å². The van der Waals surface area contributed by atoms with Crippen molar-refractivity contribution >= 4 is 28.0 Å². The fourth-order valence-electron chi connectivity index (χ4n) is 1.89. The number of pyridine rings is 1. The van der Waals surface area contributed by atoms with Crippen LogP contribution in [0.5, 0.6) is 0 Å². The Hall–Kier alpha value is -2.59. The zero-order valence-electron chi connectivity index (χ0n) is 11.7. The van der Waals surface area contributed by atoms with E-state index in [1.54, 1.807) is 6.20 Å². The van der Waals surface area contributed by atoms with Crippen molar-refractivity contribution in [2.45, 2.75) is 6.54 Å². The number of aromatic nitrogens is 1. The smallest absolute Gasteiger partial charge is 0.343 e. The van der Waals surface area contributed by atoms with Crippen LogP contribution in [0, 0.1) is 11.3 Å². The van der Waals surface area contributed by atoms with Crippen molar-refractivity contribution in [3.63, 3.8) is 0 Å². The van der Waals surface area contributed by atoms with Crippen LogP contribution in [0.4, 0.5) is 10.7 Å². The molecule has 2 aromatic heterocycles. The molecule has 0 fully saturated rings. The summed E-state index contributed by atoms with van der Waals surface area (Å²) in [6, 6.07) is 7.61. The number of ether oxygens (including phenoxy) is 1. The molecule has 0 amide bonds. The van der Waals surface area contributed by atoms with Gasteiger partial charge in [-0.2, -0.15) is 5.26 Å². The summed E-state index contributed by atoms with van der Waals surface area (Å²) in [5, 5.41) is 9.68. The summed E-state index contributed by atoms with van der Waals surface area (Å²) in [4.78, 5) is 18.3. The van der Waals surface area contributed by atoms with E-state index in [1.165, 1.54) is 18.4 Å². The first-order valence-corrected chi connectivity index (χ1v) is 6.91. The standard InChI is InChI=1S/C14H14N4O2S/c1-18(8-9-5-3-4-6-17-9)13-11(14(19)20-2)12(16)10(7-15)21-13/h3-6H,8,16H2,1-2H3. The number of thiophene rings is 1. The number of nitrogen functional groups attached to an aromatic ring is 1. The molecule has 0 aliphatic carbocycles. The predicted molar refractivity (Wildman–Crippen MR) is 81.1 cm³/mol. The van der Waals surface area contributed by atoms with E-state index in [9.17, 15) is 4.79 Å². The van der Waals surface area contributed by atoms with E-state index in [1.807, 2.05) is 36.2 Å². The number of hydrogen-bond donors (Lipinski definition) is 1. The summed E-state index contributed by atoms with van der Waals surface area (Å²) in [5.74, 6) is -0.548. The van der Waals surface area contributed by atoms with E-state index < -0.39 is 5.97 Å². The highest BCUT2D eigenvalue weighted by atomic mass is 32.1. The lowest BCUT2D eigenvalue weighted by Gasteiger charge is -2.18. The molecular weight excluding hydrogens is 288 g/mol. The number of anilines is 2. The number of nitrogens with two attached hydrogens (primary N) is 1. The van der Waals surface area contributed by atoms with Gasteiger partial charge in [0.15, 0.2) is 0 Å². The largest absolute Gasteiger partial charge is 0.465 e. The Morgan fingerprint density at radius 3 is 2.90 bits per heavy atom. The van der Waals surface area contributed by atoms with Gasteiger partial charge in [-0.05, 0) is 12.1 Å². The number of carbonyl (C=O) groups is 1. The Labute approximate surface area is 126 Å². The van der Waals surface area contributed by atoms with Crippen LogP contribution in [-0.4, -0.2) is 25.1 Å². The van der Waals surface area contributed by atoms with Gasteiger partial charge in [-0.15, -0.1) is 11.3 Å². The number of esters is 1. The van der Waals surface area contributed by atoms with Gasteiger partial charge in [0.05, 0.1) is 25.0 Å². The topological polar surface area (TPSA) is 92.2 Å². The van der Waals surface area contributed by atoms with E-state index in [2.05, 4.69) is 4.98 Å². The van der Waals surface area contributed by atoms with E-state index in [0.717, 1.165) is 5.69 Å². The van der Waals surface area contributed by atoms with Crippen LogP contribution in [0.1, 0.15) is 20.9 Å². The average molecular weight is 302 g/mol. The molecule has 7 heteroatoms. The second-order valence-corrected chi connectivity index (χ2v) is 5.30. The summed E-state index contributed by atoms with van der Waals surface area (Å²) in [7, 11) is 3.10. The van der Waals surface area contributed by atoms with Crippen molar-refractivity contribution in [1.82, 2.24) is 4.98 Å². The first-order valence-electron chi connectivity index (χ1n) is 6.10. The maximum absolute atomic E-state index is 11.9. The van der Waals surface area contributed by atoms with E-state index in [-0.39, 0.29) is 11.3 Å². The van der Waals surface area contributed by atoms with E-state index in [4.69, 9.17) is 15.7 Å². The van der Waals surface area contributed by atoms with E-state index in [0.29, 0.717) is 16.4 Å². The molecular formula is C14H14N4O2S. The van der Waals surface area contributed by atoms with Crippen molar-refractivity contribution in [2.24, 2.45) is 0 Å². The number of nitrogens with zero attached hydrogens (tertiary/aromatic N) is 3. The highest BCUT2D eigenvalue weighted by molar-refractivity contribution is 7.17. The molecule has 0 bridgehead atoms. The molecule has 0 saturated heterocycles. The van der Waals surface area contributed by atoms with Crippen molar-refractivity contribution in [3.8, 4) is 6.07 Å². The minimum atomic E-state index is -0.548. The predicted octanol–water partition coefficient (Wildman–Crippen LogP) is 2.02. The third-order valence-electron chi connectivity index (χ3n) is 2.89. The fraction of sp³-hybridized carbons (Fsp3) is 0.214. The Balaban J connectivity index is 2.38. The molecule has 0 aliphatic rings. The highest BCUT2D eigenvalue weighted by Crippen LogP contribution is 2.38. The van der Waals surface area contributed by atoms with Gasteiger partial charge in [0.2, 0.25) is 0 Å². The number of hydrogen-bond acceptors (Lipinski definition) is 7. The molecule has 6 nitrogen and oxygen atoms in total. The number of rotatable bonds is 4. The molecule has 2 N–H and O–H groups in total. The highest BCUT2D eigenvalue weighted by Gasteiger charge is 2.25. The van der Waals surface area contributed by atoms with Gasteiger partial charge in [0, 0.05) is 13.2 Å². The molecule has 108 valence electrons. The maximum Gasteiger partial charge on any atom is 0.343 e. The van der Waals surface area contributed by atoms with Crippen LogP contribution in [-0.2, 0) is 11.3 Å². The summed E-state index contributed by atoms with van der Waals surface area (Å²) in [6.45, 7) is 0.496. The van der Waals surface area contributed by atoms with Crippen molar-refractivity contribution in [3.05, 3.63) is 40.5 Å². The Morgan fingerprint density at radius 1 is 1.57 bits per heavy atom. The quantitative estimate of drug-likeness (QED) is 0.869. The number of methoxy groups -OCH3 is 1. The zero-order valence-corrected chi connectivity index (χ0v) is 12.5. The molecule has 21 heavy (non-hydrogen) atoms. The van der Waals surface area contributed by atoms with Crippen LogP contribution < -0.4 is 10.6 Å². The summed E-state index contributed by atoms with van der Waals surface area (Å²) < 4.78 is 4.75. The first kappa shape index (κ1) is 14.8. The molecule has 2 heterocycles. The van der Waals surface area contributed by atoms with Gasteiger partial charge in [-0.3, -0.25) is 4.98 Å². The summed E-state index contributed by atoms with van der Waals surface area (Å²) in [6.07, 6.45) is 1.70. The van der Waals surface area contributed by atoms with Gasteiger partial charge in [-0.25, -0.2) is 4.79 Å². The lowest BCUT2D eigenvalue weighted by atomic mass is 10.2. The lowest BCUT2D eigenvalue weighted by Crippen LogP contribution is -2.19. The number of carbonyl (C=O) groups excluding carboxylic acids is 1. The molecule has 0 unspecified atom stereocenters. The van der Waals surface area contributed by atoms with Crippen LogP contribution >= 0.6 is 11.3 Å². The van der Waals surface area contributed by atoms with Gasteiger partial charge in [0.25, 0.3) is 0 Å². The molecule has 0 spiro atoms. The van der Waals surface area contributed by atoms with Crippen LogP contribution in [0.3, 0.4) is 0 Å². The van der Waals surface area contributed by atoms with Crippen LogP contribution in [0.15, 0.2) is 24.4 Å². The first-order chi connectivity index (χ1) is 10.1. The third-order valence-corrected chi connectivity index (χ3v) is 4.11. The molecule has 0 saturated carbocycles. The Morgan fingerprint density at radius 2 is 2.33 bits per heavy atom. The molecule has 0 atom stereocenters. The molecule has 2 aromatic rings. The fourth-order valence-corrected chi connectivity index (χ4v) is 2.86. The van der Waals surface area contributed by atoms with Crippen LogP contribution in [0.25, 0.3) is 0 Å². The molecule has 0 radical (unpaired) electrons. The normalized spacial score (nSPS) is 9.95. The average Bonchev–Trinajstić information content (AvgIpc) is 2.84. The summed E-state index contributed by atoms with van der Waals surface area (Å²) >= 11 is 1.17. The monoisotopic (exact) mass is 302 g/mol. The van der Waals surface area contributed by atoms with Crippen molar-refractivity contribution in [2.75, 3.05) is 24.8 Å². The third kappa shape index (κ3) is 2.95. The van der Waals surface area contributed by atoms with Crippen molar-refractivity contribution in [1.29, 1.82) is 5.26 Å². The van der Waals surface area contributed by atoms with E-state index >= 15 is 0 Å². The second kappa shape index (κ2) is 6.24. The maximum atomic E-state index is 11.9. The van der Waals surface area contributed by atoms with Gasteiger partial charge in [-0.1, -0.05) is 6.07 Å². The van der Waals surface area contributed by atoms with Gasteiger partial charge < -0.3 is 15.4 Å². The molecule has 0 aliphatic heterocycles. The Kier molecular flexibility index (Phi) is 4.40. The van der Waals surface area contributed by atoms with Crippen LogP contribution in [0.2, 0.25) is 0 Å². The minimum absolute atomic E-state index is 0.164. The molecule has 2 rings (SSSR count). The zero-order chi connectivity index (χ0) is 15.4. The Bertz CT molecular complexity index is 691. The second-order valence-electron chi connectivity index (χ2n) is 4.31. The summed E-state index contributed by atoms with van der Waals surface area (Å²) in [5.41, 5.74) is 7.11. The van der Waals surface area contributed by atoms with Gasteiger partial charge >= 0.3 is 5.97 Å². The van der Waals surface area contributed by atoms with Crippen molar-refractivity contribution < 1.29 is 9.53 Å².